The summed E-state index contributed by atoms with van der Waals surface area (Å²) in [7, 11) is 0. The fourth-order valence-electron chi connectivity index (χ4n) is 2.68. The molecule has 0 amide bonds. The van der Waals surface area contributed by atoms with Gasteiger partial charge in [-0.15, -0.1) is 0 Å². The first kappa shape index (κ1) is 17.2. The second-order valence-corrected chi connectivity index (χ2v) is 6.34. The van der Waals surface area contributed by atoms with E-state index >= 15 is 0 Å². The van der Waals surface area contributed by atoms with Crippen LogP contribution in [0.3, 0.4) is 0 Å². The predicted octanol–water partition coefficient (Wildman–Crippen LogP) is 4.19. The summed E-state index contributed by atoms with van der Waals surface area (Å²) in [5.74, 6) is -0.730. The van der Waals surface area contributed by atoms with Crippen molar-refractivity contribution in [1.82, 2.24) is 4.90 Å². The largest absolute Gasteiger partial charge is 0.481 e. The van der Waals surface area contributed by atoms with Gasteiger partial charge in [0.15, 0.2) is 0 Å². The third kappa shape index (κ3) is 4.93. The lowest BCUT2D eigenvalue weighted by molar-refractivity contribution is -0.149. The molecule has 1 atom stereocenters. The molecule has 0 saturated heterocycles. The highest BCUT2D eigenvalue weighted by Gasteiger charge is 2.33. The number of carbonyl (C=O) groups is 1. The molecular formula is C20H25NO2. The number of carboxylic acids is 1. The average Bonchev–Trinajstić information content (AvgIpc) is 2.56. The molecule has 2 aromatic rings. The standard InChI is InChI=1S/C20H25NO2/c1-3-20(2,19(22)23)16-21(14-17-10-6-4-7-11-17)15-18-12-8-5-9-13-18/h4-13H,3,14-16H2,1-2H3,(H,22,23). The first-order chi connectivity index (χ1) is 11.0. The van der Waals surface area contributed by atoms with E-state index in [4.69, 9.17) is 0 Å². The second-order valence-electron chi connectivity index (χ2n) is 6.34. The average molecular weight is 311 g/mol. The molecule has 0 heterocycles. The molecule has 0 fully saturated rings. The third-order valence-corrected chi connectivity index (χ3v) is 4.37. The topological polar surface area (TPSA) is 40.5 Å². The Morgan fingerprint density at radius 2 is 1.39 bits per heavy atom. The van der Waals surface area contributed by atoms with Gasteiger partial charge >= 0.3 is 5.97 Å². The Labute approximate surface area is 138 Å². The molecule has 0 aromatic heterocycles. The maximum absolute atomic E-state index is 11.7. The number of hydrogen-bond donors (Lipinski definition) is 1. The van der Waals surface area contributed by atoms with Crippen LogP contribution in [0.5, 0.6) is 0 Å². The van der Waals surface area contributed by atoms with Crippen LogP contribution in [0, 0.1) is 5.41 Å². The lowest BCUT2D eigenvalue weighted by Gasteiger charge is -2.32. The minimum Gasteiger partial charge on any atom is -0.481 e. The highest BCUT2D eigenvalue weighted by Crippen LogP contribution is 2.25. The van der Waals surface area contributed by atoms with Crippen molar-refractivity contribution >= 4 is 5.97 Å². The van der Waals surface area contributed by atoms with Crippen LogP contribution in [0.25, 0.3) is 0 Å². The Hall–Kier alpha value is -2.13. The molecule has 0 aliphatic carbocycles. The molecule has 0 saturated carbocycles. The first-order valence-corrected chi connectivity index (χ1v) is 8.07. The number of rotatable bonds is 8. The minimum atomic E-state index is -0.733. The smallest absolute Gasteiger partial charge is 0.310 e. The van der Waals surface area contributed by atoms with Gasteiger partial charge in [0.25, 0.3) is 0 Å². The van der Waals surface area contributed by atoms with Gasteiger partial charge in [0.2, 0.25) is 0 Å². The van der Waals surface area contributed by atoms with Gasteiger partial charge in [0.05, 0.1) is 5.41 Å². The highest BCUT2D eigenvalue weighted by molar-refractivity contribution is 5.74. The summed E-state index contributed by atoms with van der Waals surface area (Å²) >= 11 is 0. The van der Waals surface area contributed by atoms with Crippen LogP contribution < -0.4 is 0 Å². The number of hydrogen-bond acceptors (Lipinski definition) is 2. The normalized spacial score (nSPS) is 13.7. The zero-order chi connectivity index (χ0) is 16.7. The molecule has 23 heavy (non-hydrogen) atoms. The summed E-state index contributed by atoms with van der Waals surface area (Å²) < 4.78 is 0. The summed E-state index contributed by atoms with van der Waals surface area (Å²) in [6.07, 6.45) is 0.614. The van der Waals surface area contributed by atoms with E-state index in [1.807, 2.05) is 50.2 Å². The van der Waals surface area contributed by atoms with Crippen LogP contribution >= 0.6 is 0 Å². The molecule has 0 aliphatic rings. The van der Waals surface area contributed by atoms with Crippen molar-refractivity contribution in [2.24, 2.45) is 5.41 Å². The zero-order valence-corrected chi connectivity index (χ0v) is 13.9. The van der Waals surface area contributed by atoms with Gasteiger partial charge in [-0.3, -0.25) is 9.69 Å². The van der Waals surface area contributed by atoms with Gasteiger partial charge in [0.1, 0.15) is 0 Å². The number of aliphatic carboxylic acids is 1. The molecule has 0 spiro atoms. The lowest BCUT2D eigenvalue weighted by Crippen LogP contribution is -2.40. The van der Waals surface area contributed by atoms with Crippen molar-refractivity contribution in [2.75, 3.05) is 6.54 Å². The molecule has 1 unspecified atom stereocenters. The van der Waals surface area contributed by atoms with Gasteiger partial charge in [-0.05, 0) is 24.5 Å². The molecule has 3 nitrogen and oxygen atoms in total. The van der Waals surface area contributed by atoms with Crippen molar-refractivity contribution in [2.45, 2.75) is 33.4 Å². The minimum absolute atomic E-state index is 0.530. The van der Waals surface area contributed by atoms with E-state index in [2.05, 4.69) is 29.2 Å². The Morgan fingerprint density at radius 1 is 0.957 bits per heavy atom. The summed E-state index contributed by atoms with van der Waals surface area (Å²) in [5.41, 5.74) is 1.67. The van der Waals surface area contributed by atoms with Gasteiger partial charge < -0.3 is 5.11 Å². The fourth-order valence-corrected chi connectivity index (χ4v) is 2.68. The van der Waals surface area contributed by atoms with Gasteiger partial charge in [0, 0.05) is 19.6 Å². The van der Waals surface area contributed by atoms with Crippen LogP contribution in [-0.2, 0) is 17.9 Å². The molecule has 0 bridgehead atoms. The second kappa shape index (κ2) is 7.93. The first-order valence-electron chi connectivity index (χ1n) is 8.07. The van der Waals surface area contributed by atoms with E-state index in [-0.39, 0.29) is 0 Å². The molecular weight excluding hydrogens is 286 g/mol. The van der Waals surface area contributed by atoms with Crippen LogP contribution in [0.4, 0.5) is 0 Å². The quantitative estimate of drug-likeness (QED) is 0.794. The molecule has 0 radical (unpaired) electrons. The fraction of sp³-hybridized carbons (Fsp3) is 0.350. The van der Waals surface area contributed by atoms with Crippen molar-refractivity contribution in [3.8, 4) is 0 Å². The Kier molecular flexibility index (Phi) is 5.94. The van der Waals surface area contributed by atoms with Crippen LogP contribution in [0.1, 0.15) is 31.4 Å². The highest BCUT2D eigenvalue weighted by atomic mass is 16.4. The van der Waals surface area contributed by atoms with Gasteiger partial charge in [-0.1, -0.05) is 67.6 Å². The maximum Gasteiger partial charge on any atom is 0.310 e. The summed E-state index contributed by atoms with van der Waals surface area (Å²) in [5, 5.41) is 9.59. The zero-order valence-electron chi connectivity index (χ0n) is 13.9. The Balaban J connectivity index is 2.18. The summed E-state index contributed by atoms with van der Waals surface area (Å²) in [4.78, 5) is 13.9. The number of benzene rings is 2. The van der Waals surface area contributed by atoms with Gasteiger partial charge in [-0.25, -0.2) is 0 Å². The lowest BCUT2D eigenvalue weighted by atomic mass is 9.87. The van der Waals surface area contributed by atoms with Crippen molar-refractivity contribution in [3.63, 3.8) is 0 Å². The maximum atomic E-state index is 11.7. The molecule has 2 aromatic carbocycles. The van der Waals surface area contributed by atoms with Crippen molar-refractivity contribution < 1.29 is 9.90 Å². The monoisotopic (exact) mass is 311 g/mol. The van der Waals surface area contributed by atoms with E-state index < -0.39 is 11.4 Å². The number of carboxylic acid groups (broad SMARTS) is 1. The van der Waals surface area contributed by atoms with Gasteiger partial charge in [-0.2, -0.15) is 0 Å². The van der Waals surface area contributed by atoms with Crippen molar-refractivity contribution in [3.05, 3.63) is 71.8 Å². The SMILES string of the molecule is CCC(C)(CN(Cc1ccccc1)Cc1ccccc1)C(=O)O. The predicted molar refractivity (Wildman–Crippen MR) is 93.0 cm³/mol. The third-order valence-electron chi connectivity index (χ3n) is 4.37. The van der Waals surface area contributed by atoms with Crippen LogP contribution in [0.15, 0.2) is 60.7 Å². The van der Waals surface area contributed by atoms with Crippen LogP contribution in [-0.4, -0.2) is 22.5 Å². The number of nitrogens with zero attached hydrogens (tertiary/aromatic N) is 1. The van der Waals surface area contributed by atoms with Crippen molar-refractivity contribution in [1.29, 1.82) is 0 Å². The Bertz CT molecular complexity index is 571. The van der Waals surface area contributed by atoms with E-state index in [1.54, 1.807) is 0 Å². The summed E-state index contributed by atoms with van der Waals surface area (Å²) in [6.45, 7) is 5.80. The van der Waals surface area contributed by atoms with Crippen LogP contribution in [0.2, 0.25) is 0 Å². The molecule has 122 valence electrons. The Morgan fingerprint density at radius 3 is 1.74 bits per heavy atom. The molecule has 1 N–H and O–H groups in total. The summed E-state index contributed by atoms with van der Waals surface area (Å²) in [6, 6.07) is 20.4. The molecule has 3 heteroatoms. The van der Waals surface area contributed by atoms with E-state index in [0.29, 0.717) is 13.0 Å². The van der Waals surface area contributed by atoms with E-state index in [0.717, 1.165) is 13.1 Å². The van der Waals surface area contributed by atoms with E-state index in [1.165, 1.54) is 11.1 Å². The molecule has 2 rings (SSSR count). The van der Waals surface area contributed by atoms with E-state index in [9.17, 15) is 9.90 Å². The molecule has 0 aliphatic heterocycles.